The first-order valence-electron chi connectivity index (χ1n) is 11.2. The van der Waals surface area contributed by atoms with E-state index in [0.29, 0.717) is 0 Å². The van der Waals surface area contributed by atoms with Gasteiger partial charge in [-0.1, -0.05) is 66.7 Å². The molecule has 0 N–H and O–H groups in total. The number of hydrogen-bond donors (Lipinski definition) is 0. The van der Waals surface area contributed by atoms with E-state index in [1.807, 2.05) is 24.3 Å². The van der Waals surface area contributed by atoms with Crippen molar-refractivity contribution in [2.24, 2.45) is 0 Å². The highest BCUT2D eigenvalue weighted by Crippen LogP contribution is 2.43. The molecule has 6 aromatic carbocycles. The lowest BCUT2D eigenvalue weighted by Crippen LogP contribution is -1.92. The van der Waals surface area contributed by atoms with Crippen molar-refractivity contribution in [3.63, 3.8) is 0 Å². The Hall–Kier alpha value is -4.04. The molecule has 0 aliphatic heterocycles. The summed E-state index contributed by atoms with van der Waals surface area (Å²) in [6.45, 7) is 2.21. The van der Waals surface area contributed by atoms with Crippen LogP contribution in [0.3, 0.4) is 0 Å². The smallest absolute Gasteiger partial charge is 0.118 e. The molecule has 0 heterocycles. The molecule has 0 fully saturated rings. The van der Waals surface area contributed by atoms with Crippen LogP contribution in [0.4, 0.5) is 0 Å². The Morgan fingerprint density at radius 1 is 0.485 bits per heavy atom. The maximum Gasteiger partial charge on any atom is 0.118 e. The minimum Gasteiger partial charge on any atom is -0.497 e. The van der Waals surface area contributed by atoms with Crippen LogP contribution >= 0.6 is 0 Å². The average Bonchev–Trinajstić information content (AvgIpc) is 2.88. The van der Waals surface area contributed by atoms with Crippen molar-refractivity contribution < 1.29 is 9.47 Å². The van der Waals surface area contributed by atoms with Crippen LogP contribution in [-0.4, -0.2) is 14.2 Å². The summed E-state index contributed by atoms with van der Waals surface area (Å²) >= 11 is 0. The maximum absolute atomic E-state index is 5.37. The highest BCUT2D eigenvalue weighted by atomic mass is 16.5. The van der Waals surface area contributed by atoms with Gasteiger partial charge in [0.15, 0.2) is 0 Å². The van der Waals surface area contributed by atoms with Gasteiger partial charge >= 0.3 is 0 Å². The van der Waals surface area contributed by atoms with Gasteiger partial charge in [0, 0.05) is 0 Å². The first kappa shape index (κ1) is 19.6. The second-order valence-electron chi connectivity index (χ2n) is 8.56. The second-order valence-corrected chi connectivity index (χ2v) is 8.56. The Balaban J connectivity index is 1.67. The average molecular weight is 429 g/mol. The molecule has 0 unspecified atom stereocenters. The Bertz CT molecular complexity index is 1610. The quantitative estimate of drug-likeness (QED) is 0.263. The predicted octanol–water partition coefficient (Wildman–Crippen LogP) is 8.24. The largest absolute Gasteiger partial charge is 0.497 e. The maximum atomic E-state index is 5.37. The molecule has 2 nitrogen and oxygen atoms in total. The molecule has 0 bridgehead atoms. The molecular formula is C31H24O2. The van der Waals surface area contributed by atoms with Gasteiger partial charge in [-0.3, -0.25) is 0 Å². The van der Waals surface area contributed by atoms with Crippen molar-refractivity contribution in [1.82, 2.24) is 0 Å². The van der Waals surface area contributed by atoms with Gasteiger partial charge in [-0.25, -0.2) is 0 Å². The van der Waals surface area contributed by atoms with Crippen LogP contribution in [0, 0.1) is 6.92 Å². The molecule has 6 rings (SSSR count). The summed E-state index contributed by atoms with van der Waals surface area (Å²) in [5.41, 5.74) is 6.18. The van der Waals surface area contributed by atoms with Crippen LogP contribution in [0.25, 0.3) is 54.6 Å². The molecule has 0 radical (unpaired) electrons. The Labute approximate surface area is 193 Å². The zero-order valence-electron chi connectivity index (χ0n) is 19.0. The predicted molar refractivity (Wildman–Crippen MR) is 139 cm³/mol. The lowest BCUT2D eigenvalue weighted by atomic mass is 9.85. The summed E-state index contributed by atoms with van der Waals surface area (Å²) in [4.78, 5) is 0. The molecule has 2 heteroatoms. The molecule has 0 aliphatic rings. The minimum atomic E-state index is 0.871. The molecule has 6 aromatic rings. The van der Waals surface area contributed by atoms with Gasteiger partial charge in [-0.2, -0.15) is 0 Å². The number of aryl methyl sites for hydroxylation is 1. The number of benzene rings is 6. The van der Waals surface area contributed by atoms with Crippen LogP contribution < -0.4 is 9.47 Å². The summed E-state index contributed by atoms with van der Waals surface area (Å²) < 4.78 is 10.7. The van der Waals surface area contributed by atoms with Crippen molar-refractivity contribution in [3.05, 3.63) is 96.6 Å². The Kier molecular flexibility index (Phi) is 4.48. The fourth-order valence-electron chi connectivity index (χ4n) is 5.11. The third-order valence-corrected chi connectivity index (χ3v) is 6.79. The van der Waals surface area contributed by atoms with Gasteiger partial charge in [0.05, 0.1) is 14.2 Å². The van der Waals surface area contributed by atoms with Gasteiger partial charge in [0.2, 0.25) is 0 Å². The third kappa shape index (κ3) is 3.02. The van der Waals surface area contributed by atoms with Crippen LogP contribution in [0.2, 0.25) is 0 Å². The third-order valence-electron chi connectivity index (χ3n) is 6.79. The first-order chi connectivity index (χ1) is 16.2. The summed E-state index contributed by atoms with van der Waals surface area (Å²) in [7, 11) is 3.41. The lowest BCUT2D eigenvalue weighted by molar-refractivity contribution is 0.415. The highest BCUT2D eigenvalue weighted by molar-refractivity contribution is 6.28. The Morgan fingerprint density at radius 2 is 1.00 bits per heavy atom. The van der Waals surface area contributed by atoms with E-state index in [2.05, 4.69) is 73.7 Å². The normalized spacial score (nSPS) is 11.5. The fourth-order valence-corrected chi connectivity index (χ4v) is 5.11. The van der Waals surface area contributed by atoms with Crippen LogP contribution in [-0.2, 0) is 0 Å². The van der Waals surface area contributed by atoms with E-state index in [1.165, 1.54) is 60.1 Å². The molecule has 160 valence electrons. The molecule has 0 aromatic heterocycles. The number of hydrogen-bond acceptors (Lipinski definition) is 2. The molecule has 0 atom stereocenters. The molecule has 0 aliphatic carbocycles. The van der Waals surface area contributed by atoms with E-state index >= 15 is 0 Å². The van der Waals surface area contributed by atoms with E-state index < -0.39 is 0 Å². The number of ether oxygens (including phenoxy) is 2. The van der Waals surface area contributed by atoms with Crippen molar-refractivity contribution in [3.8, 4) is 33.8 Å². The van der Waals surface area contributed by atoms with Crippen molar-refractivity contribution in [1.29, 1.82) is 0 Å². The summed E-state index contributed by atoms with van der Waals surface area (Å²) in [5.74, 6) is 1.74. The van der Waals surface area contributed by atoms with E-state index in [1.54, 1.807) is 14.2 Å². The molecule has 0 saturated carbocycles. The van der Waals surface area contributed by atoms with E-state index in [9.17, 15) is 0 Å². The lowest BCUT2D eigenvalue weighted by Gasteiger charge is -2.18. The zero-order valence-corrected chi connectivity index (χ0v) is 19.0. The van der Waals surface area contributed by atoms with E-state index in [-0.39, 0.29) is 0 Å². The van der Waals surface area contributed by atoms with Gasteiger partial charge in [-0.15, -0.1) is 0 Å². The first-order valence-corrected chi connectivity index (χ1v) is 11.2. The van der Waals surface area contributed by atoms with Crippen molar-refractivity contribution in [2.75, 3.05) is 14.2 Å². The second kappa shape index (κ2) is 7.53. The minimum absolute atomic E-state index is 0.871. The summed E-state index contributed by atoms with van der Waals surface area (Å²) in [6.07, 6.45) is 0. The number of rotatable bonds is 4. The fraction of sp³-hybridized carbons (Fsp3) is 0.0968. The summed E-state index contributed by atoms with van der Waals surface area (Å²) in [5, 5.41) is 7.81. The van der Waals surface area contributed by atoms with Gasteiger partial charge in [-0.05, 0) is 91.3 Å². The standard InChI is InChI=1S/C31H24O2/c1-19-18-29(21-6-12-24(33-3)13-7-21)28-15-9-22-8-14-26(20-4-10-23(32-2)11-5-20)27-17-16-25(19)31(28)30(22)27/h4-18H,1-3H3. The molecule has 33 heavy (non-hydrogen) atoms. The van der Waals surface area contributed by atoms with Crippen molar-refractivity contribution >= 4 is 32.3 Å². The van der Waals surface area contributed by atoms with Crippen LogP contribution in [0.5, 0.6) is 11.5 Å². The number of methoxy groups -OCH3 is 2. The monoisotopic (exact) mass is 428 g/mol. The highest BCUT2D eigenvalue weighted by Gasteiger charge is 2.16. The Morgan fingerprint density at radius 3 is 1.64 bits per heavy atom. The molecule has 0 saturated heterocycles. The molecular weight excluding hydrogens is 404 g/mol. The van der Waals surface area contributed by atoms with Crippen LogP contribution in [0.15, 0.2) is 91.0 Å². The topological polar surface area (TPSA) is 18.5 Å². The van der Waals surface area contributed by atoms with Gasteiger partial charge in [0.25, 0.3) is 0 Å². The van der Waals surface area contributed by atoms with Crippen LogP contribution in [0.1, 0.15) is 5.56 Å². The summed E-state index contributed by atoms with van der Waals surface area (Å²) in [6, 6.07) is 32.6. The molecule has 0 spiro atoms. The molecule has 0 amide bonds. The van der Waals surface area contributed by atoms with E-state index in [4.69, 9.17) is 9.47 Å². The van der Waals surface area contributed by atoms with Gasteiger partial charge < -0.3 is 9.47 Å². The van der Waals surface area contributed by atoms with E-state index in [0.717, 1.165) is 11.5 Å². The SMILES string of the molecule is COc1ccc(-c2ccc3ccc4c(-c5ccc(OC)cc5)cc(C)c5ccc2c3c54)cc1. The van der Waals surface area contributed by atoms with Crippen molar-refractivity contribution in [2.45, 2.75) is 6.92 Å². The van der Waals surface area contributed by atoms with Gasteiger partial charge in [0.1, 0.15) is 11.5 Å². The zero-order chi connectivity index (χ0) is 22.5.